The summed E-state index contributed by atoms with van der Waals surface area (Å²) in [6.07, 6.45) is 4.11. The summed E-state index contributed by atoms with van der Waals surface area (Å²) in [5, 5.41) is 0. The number of nitrogens with zero attached hydrogens (tertiary/aromatic N) is 3. The van der Waals surface area contributed by atoms with Gasteiger partial charge < -0.3 is 19.1 Å². The van der Waals surface area contributed by atoms with Crippen LogP contribution in [-0.4, -0.2) is 45.9 Å². The molecular weight excluding hydrogens is 522 g/mol. The standard InChI is InChI=1S/C36H43N3O3/c1-4-5-23-42-34-20-18-32(19-21-34)36(41)39(24-29(2)3)28-35(40)38(26-31-15-10-7-11-16-31)27-33-17-12-22-37(33)25-30-13-8-6-9-14-30/h6-22,29H,4-5,23-28H2,1-3H3. The molecule has 3 aromatic carbocycles. The molecule has 2 amide bonds. The lowest BCUT2D eigenvalue weighted by Gasteiger charge is -2.29. The predicted molar refractivity (Wildman–Crippen MR) is 168 cm³/mol. The highest BCUT2D eigenvalue weighted by Gasteiger charge is 2.24. The lowest BCUT2D eigenvalue weighted by Crippen LogP contribution is -2.44. The van der Waals surface area contributed by atoms with Crippen LogP contribution in [0.15, 0.2) is 103 Å². The highest BCUT2D eigenvalue weighted by atomic mass is 16.5. The van der Waals surface area contributed by atoms with E-state index in [0.717, 1.165) is 36.4 Å². The number of hydrogen-bond acceptors (Lipinski definition) is 3. The van der Waals surface area contributed by atoms with E-state index in [1.165, 1.54) is 5.56 Å². The molecule has 1 heterocycles. The van der Waals surface area contributed by atoms with E-state index in [1.807, 2.05) is 71.6 Å². The first-order valence-corrected chi connectivity index (χ1v) is 14.9. The molecule has 0 saturated heterocycles. The van der Waals surface area contributed by atoms with Crippen molar-refractivity contribution in [1.29, 1.82) is 0 Å². The van der Waals surface area contributed by atoms with E-state index in [1.54, 1.807) is 17.0 Å². The van der Waals surface area contributed by atoms with Crippen LogP contribution < -0.4 is 4.74 Å². The summed E-state index contributed by atoms with van der Waals surface area (Å²) in [7, 11) is 0. The normalized spacial score (nSPS) is 11.0. The first kappa shape index (κ1) is 30.6. The first-order chi connectivity index (χ1) is 20.4. The molecule has 0 unspecified atom stereocenters. The average Bonchev–Trinajstić information content (AvgIpc) is 3.43. The van der Waals surface area contributed by atoms with Gasteiger partial charge in [0.15, 0.2) is 0 Å². The Balaban J connectivity index is 1.52. The van der Waals surface area contributed by atoms with Crippen molar-refractivity contribution >= 4 is 11.8 Å². The Bertz CT molecular complexity index is 1380. The number of ether oxygens (including phenoxy) is 1. The molecule has 6 nitrogen and oxygen atoms in total. The molecule has 4 rings (SSSR count). The van der Waals surface area contributed by atoms with E-state index in [9.17, 15) is 9.59 Å². The Morgan fingerprint density at radius 2 is 1.45 bits per heavy atom. The van der Waals surface area contributed by atoms with E-state index < -0.39 is 0 Å². The fourth-order valence-electron chi connectivity index (χ4n) is 4.89. The van der Waals surface area contributed by atoms with Crippen LogP contribution in [0, 0.1) is 5.92 Å². The highest BCUT2D eigenvalue weighted by Crippen LogP contribution is 2.18. The monoisotopic (exact) mass is 565 g/mol. The topological polar surface area (TPSA) is 54.8 Å². The van der Waals surface area contributed by atoms with Gasteiger partial charge in [-0.1, -0.05) is 87.9 Å². The molecule has 6 heteroatoms. The number of aromatic nitrogens is 1. The third kappa shape index (κ3) is 9.10. The molecule has 0 radical (unpaired) electrons. The molecule has 220 valence electrons. The summed E-state index contributed by atoms with van der Waals surface area (Å²) in [6.45, 7) is 9.04. The lowest BCUT2D eigenvalue weighted by atomic mass is 10.1. The minimum Gasteiger partial charge on any atom is -0.494 e. The highest BCUT2D eigenvalue weighted by molar-refractivity contribution is 5.96. The predicted octanol–water partition coefficient (Wildman–Crippen LogP) is 7.04. The maximum Gasteiger partial charge on any atom is 0.254 e. The van der Waals surface area contributed by atoms with Crippen molar-refractivity contribution in [3.63, 3.8) is 0 Å². The van der Waals surface area contributed by atoms with Crippen molar-refractivity contribution in [1.82, 2.24) is 14.4 Å². The van der Waals surface area contributed by atoms with Crippen LogP contribution in [0.2, 0.25) is 0 Å². The van der Waals surface area contributed by atoms with Gasteiger partial charge in [0.25, 0.3) is 5.91 Å². The number of carbonyl (C=O) groups excluding carboxylic acids is 2. The van der Waals surface area contributed by atoms with Crippen LogP contribution in [0.4, 0.5) is 0 Å². The summed E-state index contributed by atoms with van der Waals surface area (Å²) in [4.78, 5) is 31.2. The zero-order chi connectivity index (χ0) is 29.7. The Labute approximate surface area is 250 Å². The second-order valence-electron chi connectivity index (χ2n) is 11.2. The minimum atomic E-state index is -0.149. The van der Waals surface area contributed by atoms with Crippen LogP contribution in [0.5, 0.6) is 5.75 Å². The van der Waals surface area contributed by atoms with Gasteiger partial charge in [-0.05, 0) is 59.9 Å². The van der Waals surface area contributed by atoms with Crippen molar-refractivity contribution in [3.8, 4) is 5.75 Å². The van der Waals surface area contributed by atoms with E-state index >= 15 is 0 Å². The van der Waals surface area contributed by atoms with Gasteiger partial charge in [-0.3, -0.25) is 9.59 Å². The van der Waals surface area contributed by atoms with Crippen LogP contribution in [0.1, 0.15) is 60.8 Å². The quantitative estimate of drug-likeness (QED) is 0.145. The lowest BCUT2D eigenvalue weighted by molar-refractivity contribution is -0.133. The van der Waals surface area contributed by atoms with Gasteiger partial charge in [0.1, 0.15) is 12.3 Å². The number of amides is 2. The van der Waals surface area contributed by atoms with Gasteiger partial charge in [-0.25, -0.2) is 0 Å². The molecule has 4 aromatic rings. The van der Waals surface area contributed by atoms with E-state index in [4.69, 9.17) is 4.74 Å². The molecule has 1 aromatic heterocycles. The van der Waals surface area contributed by atoms with Crippen molar-refractivity contribution in [2.75, 3.05) is 19.7 Å². The molecule has 42 heavy (non-hydrogen) atoms. The molecule has 0 bridgehead atoms. The second-order valence-corrected chi connectivity index (χ2v) is 11.2. The maximum absolute atomic E-state index is 14.0. The fraction of sp³-hybridized carbons (Fsp3) is 0.333. The van der Waals surface area contributed by atoms with Crippen LogP contribution in [0.25, 0.3) is 0 Å². The zero-order valence-electron chi connectivity index (χ0n) is 25.1. The number of carbonyl (C=O) groups is 2. The van der Waals surface area contributed by atoms with E-state index in [0.29, 0.717) is 31.8 Å². The van der Waals surface area contributed by atoms with Crippen molar-refractivity contribution in [3.05, 3.63) is 126 Å². The molecule has 0 aliphatic carbocycles. The van der Waals surface area contributed by atoms with Gasteiger partial charge in [0.2, 0.25) is 5.91 Å². The van der Waals surface area contributed by atoms with E-state index in [2.05, 4.69) is 49.7 Å². The smallest absolute Gasteiger partial charge is 0.254 e. The molecule has 0 aliphatic rings. The van der Waals surface area contributed by atoms with Crippen LogP contribution >= 0.6 is 0 Å². The summed E-state index contributed by atoms with van der Waals surface area (Å²) in [5.41, 5.74) is 3.85. The van der Waals surface area contributed by atoms with Gasteiger partial charge in [0.05, 0.1) is 13.2 Å². The number of unbranched alkanes of at least 4 members (excludes halogenated alkanes) is 1. The van der Waals surface area contributed by atoms with Crippen molar-refractivity contribution in [2.45, 2.75) is 53.2 Å². The first-order valence-electron chi connectivity index (χ1n) is 14.9. The van der Waals surface area contributed by atoms with Gasteiger partial charge in [-0.15, -0.1) is 0 Å². The Kier molecular flexibility index (Phi) is 11.4. The molecule has 0 aliphatic heterocycles. The molecule has 0 atom stereocenters. The third-order valence-electron chi connectivity index (χ3n) is 7.11. The molecule has 0 saturated carbocycles. The molecule has 0 spiro atoms. The molecule has 0 fully saturated rings. The zero-order valence-corrected chi connectivity index (χ0v) is 25.1. The van der Waals surface area contributed by atoms with Crippen LogP contribution in [0.3, 0.4) is 0 Å². The van der Waals surface area contributed by atoms with Crippen molar-refractivity contribution in [2.24, 2.45) is 5.92 Å². The largest absolute Gasteiger partial charge is 0.494 e. The number of hydrogen-bond donors (Lipinski definition) is 0. The summed E-state index contributed by atoms with van der Waals surface area (Å²) >= 11 is 0. The minimum absolute atomic E-state index is 0.0119. The Morgan fingerprint density at radius 1 is 0.786 bits per heavy atom. The number of rotatable bonds is 15. The van der Waals surface area contributed by atoms with Gasteiger partial charge in [-0.2, -0.15) is 0 Å². The van der Waals surface area contributed by atoms with E-state index in [-0.39, 0.29) is 24.3 Å². The van der Waals surface area contributed by atoms with Crippen molar-refractivity contribution < 1.29 is 14.3 Å². The van der Waals surface area contributed by atoms with Gasteiger partial charge in [0, 0.05) is 37.1 Å². The maximum atomic E-state index is 14.0. The third-order valence-corrected chi connectivity index (χ3v) is 7.11. The Hall–Kier alpha value is -4.32. The van der Waals surface area contributed by atoms with Crippen LogP contribution in [-0.2, 0) is 24.4 Å². The van der Waals surface area contributed by atoms with Gasteiger partial charge >= 0.3 is 0 Å². The summed E-state index contributed by atoms with van der Waals surface area (Å²) in [5.74, 6) is 0.729. The Morgan fingerprint density at radius 3 is 2.10 bits per heavy atom. The summed E-state index contributed by atoms with van der Waals surface area (Å²) < 4.78 is 7.95. The molecular formula is C36H43N3O3. The molecule has 0 N–H and O–H groups in total. The second kappa shape index (κ2) is 15.6. The average molecular weight is 566 g/mol. The SMILES string of the molecule is CCCCOc1ccc(C(=O)N(CC(=O)N(Cc2ccccc2)Cc2cccn2Cc2ccccc2)CC(C)C)cc1. The fourth-order valence-corrected chi connectivity index (χ4v) is 4.89. The number of benzene rings is 3. The summed E-state index contributed by atoms with van der Waals surface area (Å²) in [6, 6.07) is 31.7.